The minimum Gasteiger partial charge on any atom is -0.327 e. The number of imidazole rings is 1. The molecule has 0 atom stereocenters. The number of rotatable bonds is 3. The van der Waals surface area contributed by atoms with Gasteiger partial charge in [0, 0.05) is 36.1 Å². The molecular weight excluding hydrogens is 377 g/mol. The van der Waals surface area contributed by atoms with Crippen LogP contribution in [0.3, 0.4) is 0 Å². The highest BCUT2D eigenvalue weighted by Gasteiger charge is 2.21. The zero-order chi connectivity index (χ0) is 19.0. The second kappa shape index (κ2) is 7.18. The van der Waals surface area contributed by atoms with Crippen molar-refractivity contribution in [3.8, 4) is 33.9 Å². The summed E-state index contributed by atoms with van der Waals surface area (Å²) in [5, 5.41) is 1.02. The Kier molecular flexibility index (Phi) is 4.73. The van der Waals surface area contributed by atoms with Gasteiger partial charge in [0.15, 0.2) is 0 Å². The summed E-state index contributed by atoms with van der Waals surface area (Å²) in [6.45, 7) is 2.08. The molecule has 2 aromatic carbocycles. The van der Waals surface area contributed by atoms with Crippen LogP contribution in [-0.2, 0) is 7.05 Å². The van der Waals surface area contributed by atoms with Crippen molar-refractivity contribution in [3.05, 3.63) is 82.6 Å². The van der Waals surface area contributed by atoms with Crippen molar-refractivity contribution in [1.29, 1.82) is 0 Å². The Balaban J connectivity index is 2.00. The third kappa shape index (κ3) is 3.25. The predicted molar refractivity (Wildman–Crippen MR) is 112 cm³/mol. The summed E-state index contributed by atoms with van der Waals surface area (Å²) in [5.41, 5.74) is 6.01. The quantitative estimate of drug-likeness (QED) is 0.401. The molecule has 3 nitrogen and oxygen atoms in total. The molecule has 0 spiro atoms. The minimum atomic E-state index is 0.504. The Hall–Kier alpha value is -2.62. The van der Waals surface area contributed by atoms with Gasteiger partial charge in [0.25, 0.3) is 0 Å². The van der Waals surface area contributed by atoms with E-state index in [2.05, 4.69) is 40.7 Å². The lowest BCUT2D eigenvalue weighted by Crippen LogP contribution is -1.96. The van der Waals surface area contributed by atoms with Gasteiger partial charge in [-0.1, -0.05) is 59.1 Å². The number of nitrogens with zero attached hydrogens (tertiary/aromatic N) is 3. The van der Waals surface area contributed by atoms with Crippen LogP contribution in [0.15, 0.2) is 67.0 Å². The van der Waals surface area contributed by atoms with Gasteiger partial charge in [0.1, 0.15) is 5.82 Å². The van der Waals surface area contributed by atoms with Crippen molar-refractivity contribution in [2.75, 3.05) is 0 Å². The standard InChI is InChI=1S/C22H17Cl2N3/c1-14-6-8-16(9-7-14)21-20(15-10-12-25-13-11-15)26-22(27(21)2)17-4-3-5-18(23)19(17)24/h3-13H,1-2H3. The van der Waals surface area contributed by atoms with Gasteiger partial charge in [-0.3, -0.25) is 4.98 Å². The topological polar surface area (TPSA) is 30.7 Å². The van der Waals surface area contributed by atoms with Crippen molar-refractivity contribution >= 4 is 23.2 Å². The summed E-state index contributed by atoms with van der Waals surface area (Å²) in [6.07, 6.45) is 3.55. The van der Waals surface area contributed by atoms with E-state index in [9.17, 15) is 0 Å². The summed E-state index contributed by atoms with van der Waals surface area (Å²) in [5.74, 6) is 0.768. The van der Waals surface area contributed by atoms with Gasteiger partial charge >= 0.3 is 0 Å². The molecule has 0 fully saturated rings. The molecule has 27 heavy (non-hydrogen) atoms. The zero-order valence-corrected chi connectivity index (χ0v) is 16.5. The maximum atomic E-state index is 6.48. The number of pyridine rings is 1. The van der Waals surface area contributed by atoms with Crippen LogP contribution in [-0.4, -0.2) is 14.5 Å². The molecule has 0 aliphatic rings. The highest BCUT2D eigenvalue weighted by atomic mass is 35.5. The lowest BCUT2D eigenvalue weighted by Gasteiger charge is -2.09. The van der Waals surface area contributed by atoms with Crippen LogP contribution < -0.4 is 0 Å². The summed E-state index contributed by atoms with van der Waals surface area (Å²) in [7, 11) is 2.00. The number of aromatic nitrogens is 3. The third-order valence-electron chi connectivity index (χ3n) is 4.57. The molecule has 0 radical (unpaired) electrons. The van der Waals surface area contributed by atoms with Gasteiger partial charge in [-0.05, 0) is 31.2 Å². The van der Waals surface area contributed by atoms with Gasteiger partial charge in [0.2, 0.25) is 0 Å². The monoisotopic (exact) mass is 393 g/mol. The van der Waals surface area contributed by atoms with Crippen LogP contribution >= 0.6 is 23.2 Å². The lowest BCUT2D eigenvalue weighted by atomic mass is 10.0. The Bertz CT molecular complexity index is 1100. The molecule has 0 amide bonds. The van der Waals surface area contributed by atoms with Crippen LogP contribution in [0.5, 0.6) is 0 Å². The van der Waals surface area contributed by atoms with Crippen molar-refractivity contribution in [1.82, 2.24) is 14.5 Å². The maximum absolute atomic E-state index is 6.48. The fraction of sp³-hybridized carbons (Fsp3) is 0.0909. The molecule has 4 aromatic rings. The molecule has 0 unspecified atom stereocenters. The van der Waals surface area contributed by atoms with Crippen molar-refractivity contribution < 1.29 is 0 Å². The second-order valence-electron chi connectivity index (χ2n) is 6.39. The Labute approximate surface area is 168 Å². The molecule has 0 saturated heterocycles. The van der Waals surface area contributed by atoms with E-state index in [1.807, 2.05) is 31.3 Å². The molecule has 0 saturated carbocycles. The number of aryl methyl sites for hydroxylation is 1. The highest BCUT2D eigenvalue weighted by molar-refractivity contribution is 6.43. The SMILES string of the molecule is Cc1ccc(-c2c(-c3ccncc3)nc(-c3cccc(Cl)c3Cl)n2C)cc1. The Morgan fingerprint density at radius 3 is 2.26 bits per heavy atom. The van der Waals surface area contributed by atoms with Crippen molar-refractivity contribution in [2.24, 2.45) is 7.05 Å². The van der Waals surface area contributed by atoms with E-state index in [0.29, 0.717) is 10.0 Å². The molecule has 5 heteroatoms. The molecular formula is C22H17Cl2N3. The first-order chi connectivity index (χ1) is 13.1. The normalized spacial score (nSPS) is 11.0. The molecule has 4 rings (SSSR count). The third-order valence-corrected chi connectivity index (χ3v) is 5.39. The Morgan fingerprint density at radius 2 is 1.56 bits per heavy atom. The number of benzene rings is 2. The molecule has 2 aromatic heterocycles. The predicted octanol–water partition coefficient (Wildman–Crippen LogP) is 6.43. The van der Waals surface area contributed by atoms with Crippen LogP contribution in [0.4, 0.5) is 0 Å². The van der Waals surface area contributed by atoms with Gasteiger partial charge in [-0.2, -0.15) is 0 Å². The van der Waals surface area contributed by atoms with E-state index in [4.69, 9.17) is 28.2 Å². The molecule has 0 bridgehead atoms. The van der Waals surface area contributed by atoms with Gasteiger partial charge in [-0.25, -0.2) is 4.98 Å². The maximum Gasteiger partial charge on any atom is 0.142 e. The van der Waals surface area contributed by atoms with E-state index >= 15 is 0 Å². The van der Waals surface area contributed by atoms with Crippen LogP contribution in [0.25, 0.3) is 33.9 Å². The summed E-state index contributed by atoms with van der Waals surface area (Å²) >= 11 is 12.7. The first kappa shape index (κ1) is 17.8. The zero-order valence-electron chi connectivity index (χ0n) is 14.9. The lowest BCUT2D eigenvalue weighted by molar-refractivity contribution is 0.933. The number of halogens is 2. The summed E-state index contributed by atoms with van der Waals surface area (Å²) in [6, 6.07) is 18.0. The molecule has 134 valence electrons. The van der Waals surface area contributed by atoms with Crippen LogP contribution in [0, 0.1) is 6.92 Å². The highest BCUT2D eigenvalue weighted by Crippen LogP contribution is 2.39. The molecule has 0 aliphatic carbocycles. The molecule has 0 N–H and O–H groups in total. The largest absolute Gasteiger partial charge is 0.327 e. The van der Waals surface area contributed by atoms with Crippen molar-refractivity contribution in [3.63, 3.8) is 0 Å². The Morgan fingerprint density at radius 1 is 0.852 bits per heavy atom. The number of hydrogen-bond acceptors (Lipinski definition) is 2. The summed E-state index contributed by atoms with van der Waals surface area (Å²) in [4.78, 5) is 9.07. The van der Waals surface area contributed by atoms with E-state index in [0.717, 1.165) is 33.9 Å². The second-order valence-corrected chi connectivity index (χ2v) is 7.18. The van der Waals surface area contributed by atoms with Crippen LogP contribution in [0.1, 0.15) is 5.56 Å². The summed E-state index contributed by atoms with van der Waals surface area (Å²) < 4.78 is 2.07. The average molecular weight is 394 g/mol. The smallest absolute Gasteiger partial charge is 0.142 e. The minimum absolute atomic E-state index is 0.504. The van der Waals surface area contributed by atoms with Crippen molar-refractivity contribution in [2.45, 2.75) is 6.92 Å². The van der Waals surface area contributed by atoms with E-state index < -0.39 is 0 Å². The van der Waals surface area contributed by atoms with Crippen LogP contribution in [0.2, 0.25) is 10.0 Å². The molecule has 0 aliphatic heterocycles. The van der Waals surface area contributed by atoms with E-state index in [1.165, 1.54) is 5.56 Å². The average Bonchev–Trinajstić information content (AvgIpc) is 3.02. The van der Waals surface area contributed by atoms with E-state index in [-0.39, 0.29) is 0 Å². The van der Waals surface area contributed by atoms with Gasteiger partial charge < -0.3 is 4.57 Å². The van der Waals surface area contributed by atoms with Gasteiger partial charge in [0.05, 0.1) is 21.4 Å². The fourth-order valence-corrected chi connectivity index (χ4v) is 3.55. The molecule has 2 heterocycles. The number of hydrogen-bond donors (Lipinski definition) is 0. The fourth-order valence-electron chi connectivity index (χ4n) is 3.17. The first-order valence-corrected chi connectivity index (χ1v) is 9.30. The van der Waals surface area contributed by atoms with E-state index in [1.54, 1.807) is 18.5 Å². The van der Waals surface area contributed by atoms with Gasteiger partial charge in [-0.15, -0.1) is 0 Å². The first-order valence-electron chi connectivity index (χ1n) is 8.55.